The van der Waals surface area contributed by atoms with Gasteiger partial charge in [-0.2, -0.15) is 24.4 Å². The number of halogens is 3. The third-order valence-electron chi connectivity index (χ3n) is 1.93. The second-order valence-electron chi connectivity index (χ2n) is 2.98. The second-order valence-corrected chi connectivity index (χ2v) is 2.98. The first-order valence-corrected chi connectivity index (χ1v) is 4.38. The molecular formula is C9H8F3N2O3-. The average Bonchev–Trinajstić information content (AvgIpc) is 2.29. The van der Waals surface area contributed by atoms with Crippen LogP contribution in [-0.4, -0.2) is 36.7 Å². The molecule has 0 fully saturated rings. The molecule has 5 nitrogen and oxygen atoms in total. The van der Waals surface area contributed by atoms with Crippen molar-refractivity contribution in [2.45, 2.75) is 12.2 Å². The van der Waals surface area contributed by atoms with E-state index in [4.69, 9.17) is 0 Å². The van der Waals surface area contributed by atoms with E-state index in [-0.39, 0.29) is 11.5 Å². The molecule has 94 valence electrons. The van der Waals surface area contributed by atoms with Crippen LogP contribution in [0.15, 0.2) is 23.9 Å². The fourth-order valence-corrected chi connectivity index (χ4v) is 1.12. The number of rotatable bonds is 3. The third-order valence-corrected chi connectivity index (χ3v) is 1.93. The number of nitrogens with zero attached hydrogens (tertiary/aromatic N) is 2. The van der Waals surface area contributed by atoms with E-state index in [1.165, 1.54) is 0 Å². The van der Waals surface area contributed by atoms with Gasteiger partial charge in [-0.3, -0.25) is 14.4 Å². The van der Waals surface area contributed by atoms with Crippen molar-refractivity contribution in [1.82, 2.24) is 5.06 Å². The molecule has 1 aliphatic heterocycles. The van der Waals surface area contributed by atoms with Gasteiger partial charge in [0.1, 0.15) is 0 Å². The first kappa shape index (κ1) is 13.2. The van der Waals surface area contributed by atoms with E-state index in [0.717, 1.165) is 19.4 Å². The Bertz CT molecular complexity index is 376. The highest BCUT2D eigenvalue weighted by Gasteiger charge is 2.33. The van der Waals surface area contributed by atoms with E-state index in [0.29, 0.717) is 6.08 Å². The van der Waals surface area contributed by atoms with E-state index in [9.17, 15) is 22.8 Å². The lowest BCUT2D eigenvalue weighted by molar-refractivity contribution is -0.177. The van der Waals surface area contributed by atoms with Gasteiger partial charge in [0.05, 0.1) is 7.11 Å². The van der Waals surface area contributed by atoms with Crippen LogP contribution in [0.1, 0.15) is 0 Å². The number of alkyl halides is 3. The third kappa shape index (κ3) is 3.06. The van der Waals surface area contributed by atoms with Crippen LogP contribution in [0.2, 0.25) is 0 Å². The molecule has 0 N–H and O–H groups in total. The Morgan fingerprint density at radius 2 is 2.24 bits per heavy atom. The second kappa shape index (κ2) is 5.00. The van der Waals surface area contributed by atoms with Gasteiger partial charge in [0.2, 0.25) is 12.3 Å². The summed E-state index contributed by atoms with van der Waals surface area (Å²) in [5, 5.41) is 3.80. The van der Waals surface area contributed by atoms with Crippen LogP contribution in [0.3, 0.4) is 0 Å². The molecule has 0 aromatic heterocycles. The molecule has 1 rings (SSSR count). The zero-order valence-corrected chi connectivity index (χ0v) is 8.64. The Hall–Kier alpha value is -1.83. The van der Waals surface area contributed by atoms with Crippen molar-refractivity contribution in [2.24, 2.45) is 0 Å². The van der Waals surface area contributed by atoms with E-state index < -0.39 is 23.7 Å². The standard InChI is InChI=1S/C9H8F3N2O3/c1-17-14(5-15)8(16)7-4-6(2-3-13-7)9(10,11)12/h2-5,7H,1H3/q-1. The van der Waals surface area contributed by atoms with Crippen LogP contribution >= 0.6 is 0 Å². The molecule has 0 spiro atoms. The fraction of sp³-hybridized carbons (Fsp3) is 0.333. The molecule has 0 aliphatic carbocycles. The number of amides is 2. The topological polar surface area (TPSA) is 60.7 Å². The fourth-order valence-electron chi connectivity index (χ4n) is 1.12. The lowest BCUT2D eigenvalue weighted by Crippen LogP contribution is -2.37. The molecular weight excluding hydrogens is 241 g/mol. The average molecular weight is 249 g/mol. The highest BCUT2D eigenvalue weighted by Crippen LogP contribution is 2.30. The van der Waals surface area contributed by atoms with Crippen LogP contribution in [0.25, 0.3) is 5.32 Å². The summed E-state index contributed by atoms with van der Waals surface area (Å²) in [6.07, 6.45) is -2.29. The minimum absolute atomic E-state index is 0.0529. The Morgan fingerprint density at radius 1 is 1.59 bits per heavy atom. The largest absolute Gasteiger partial charge is 0.677 e. The number of hydrogen-bond donors (Lipinski definition) is 0. The number of carbonyl (C=O) groups is 2. The number of carbonyl (C=O) groups excluding carboxylic acids is 2. The van der Waals surface area contributed by atoms with Crippen molar-refractivity contribution in [2.75, 3.05) is 7.11 Å². The van der Waals surface area contributed by atoms with E-state index >= 15 is 0 Å². The van der Waals surface area contributed by atoms with Crippen molar-refractivity contribution in [3.63, 3.8) is 0 Å². The van der Waals surface area contributed by atoms with Gasteiger partial charge in [0, 0.05) is 5.57 Å². The predicted octanol–water partition coefficient (Wildman–Crippen LogP) is 1.29. The van der Waals surface area contributed by atoms with Crippen LogP contribution < -0.4 is 0 Å². The number of hydroxylamine groups is 2. The smallest absolute Gasteiger partial charge is 0.416 e. The Balaban J connectivity index is 2.88. The van der Waals surface area contributed by atoms with Gasteiger partial charge in [0.15, 0.2) is 0 Å². The van der Waals surface area contributed by atoms with Crippen LogP contribution in [0, 0.1) is 0 Å². The molecule has 8 heteroatoms. The van der Waals surface area contributed by atoms with Crippen molar-refractivity contribution < 1.29 is 27.6 Å². The predicted molar refractivity (Wildman–Crippen MR) is 50.3 cm³/mol. The van der Waals surface area contributed by atoms with Gasteiger partial charge < -0.3 is 5.32 Å². The van der Waals surface area contributed by atoms with Gasteiger partial charge in [-0.1, -0.05) is 12.2 Å². The van der Waals surface area contributed by atoms with Crippen molar-refractivity contribution >= 4 is 12.3 Å². The number of allylic oxidation sites excluding steroid dienone is 2. The zero-order chi connectivity index (χ0) is 13.1. The summed E-state index contributed by atoms with van der Waals surface area (Å²) in [6, 6.07) is -1.42. The molecule has 0 bridgehead atoms. The molecule has 0 saturated heterocycles. The summed E-state index contributed by atoms with van der Waals surface area (Å²) in [6.45, 7) is 0. The maximum atomic E-state index is 12.4. The van der Waals surface area contributed by atoms with E-state index in [2.05, 4.69) is 10.2 Å². The first-order chi connectivity index (χ1) is 7.90. The molecule has 1 unspecified atom stereocenters. The normalized spacial score (nSPS) is 19.3. The summed E-state index contributed by atoms with van der Waals surface area (Å²) in [4.78, 5) is 26.2. The quantitative estimate of drug-likeness (QED) is 0.559. The van der Waals surface area contributed by atoms with Gasteiger partial charge in [0.25, 0.3) is 0 Å². The lowest BCUT2D eigenvalue weighted by Gasteiger charge is -2.31. The monoisotopic (exact) mass is 249 g/mol. The first-order valence-electron chi connectivity index (χ1n) is 4.38. The van der Waals surface area contributed by atoms with Crippen molar-refractivity contribution in [3.8, 4) is 0 Å². The Morgan fingerprint density at radius 3 is 2.71 bits per heavy atom. The SMILES string of the molecule is CON(C=O)C(=O)C1C=C(C(F)(F)F)C=C[N-]1. The van der Waals surface area contributed by atoms with Crippen LogP contribution in [0.5, 0.6) is 0 Å². The Kier molecular flexibility index (Phi) is 3.89. The van der Waals surface area contributed by atoms with Crippen molar-refractivity contribution in [3.05, 3.63) is 29.2 Å². The number of hydrogen-bond acceptors (Lipinski definition) is 3. The molecule has 0 saturated carbocycles. The highest BCUT2D eigenvalue weighted by atomic mass is 19.4. The van der Waals surface area contributed by atoms with Gasteiger partial charge in [-0.05, 0) is 6.04 Å². The molecule has 1 aliphatic rings. The minimum atomic E-state index is -4.57. The van der Waals surface area contributed by atoms with E-state index in [1.54, 1.807) is 0 Å². The molecule has 1 heterocycles. The molecule has 2 amide bonds. The molecule has 17 heavy (non-hydrogen) atoms. The van der Waals surface area contributed by atoms with Crippen LogP contribution in [0.4, 0.5) is 13.2 Å². The zero-order valence-electron chi connectivity index (χ0n) is 8.64. The maximum Gasteiger partial charge on any atom is 0.416 e. The number of imide groups is 1. The maximum absolute atomic E-state index is 12.4. The highest BCUT2D eigenvalue weighted by molar-refractivity contribution is 5.93. The molecule has 0 radical (unpaired) electrons. The summed E-state index contributed by atoms with van der Waals surface area (Å²) >= 11 is 0. The summed E-state index contributed by atoms with van der Waals surface area (Å²) in [5.41, 5.74) is -0.993. The Labute approximate surface area is 94.5 Å². The van der Waals surface area contributed by atoms with Gasteiger partial charge in [-0.25, -0.2) is 0 Å². The van der Waals surface area contributed by atoms with Gasteiger partial charge >= 0.3 is 6.18 Å². The van der Waals surface area contributed by atoms with E-state index in [1.807, 2.05) is 0 Å². The molecule has 0 aromatic rings. The van der Waals surface area contributed by atoms with Crippen LogP contribution in [-0.2, 0) is 14.4 Å². The molecule has 0 aromatic carbocycles. The summed E-state index contributed by atoms with van der Waals surface area (Å²) in [5.74, 6) is -0.992. The minimum Gasteiger partial charge on any atom is -0.677 e. The van der Waals surface area contributed by atoms with Crippen molar-refractivity contribution in [1.29, 1.82) is 0 Å². The lowest BCUT2D eigenvalue weighted by atomic mass is 10.1. The summed E-state index contributed by atoms with van der Waals surface area (Å²) < 4.78 is 37.1. The molecule has 1 atom stereocenters. The van der Waals surface area contributed by atoms with Gasteiger partial charge in [-0.15, -0.1) is 0 Å². The summed E-state index contributed by atoms with van der Waals surface area (Å²) in [7, 11) is 1.04.